The zero-order chi connectivity index (χ0) is 22.7. The number of aryl methyl sites for hydroxylation is 1. The van der Waals surface area contributed by atoms with Crippen molar-refractivity contribution in [1.82, 2.24) is 19.6 Å². The van der Waals surface area contributed by atoms with E-state index in [1.165, 1.54) is 12.8 Å². The third-order valence-electron chi connectivity index (χ3n) is 7.07. The molecule has 2 fully saturated rings. The Hall–Kier alpha value is -3.68. The number of benzene rings is 2. The standard InChI is InChI=1S/C25H26N6O2/c1-14-9-19(15(2)27-21-6-4-3-5-18(21)24(32)33)22-20(10-14)23-29-26-13-31(23)25(28-22)30-8-7-16-11-17(16)12-30/h3-6,9-10,13,15-17,27H,7-8,11-12H2,1-2H3,(H,32,33)/t15-,16?,17?/m1/s1. The Labute approximate surface area is 191 Å². The number of aromatic nitrogens is 4. The number of anilines is 2. The van der Waals surface area contributed by atoms with E-state index in [4.69, 9.17) is 4.98 Å². The minimum absolute atomic E-state index is 0.159. The fraction of sp³-hybridized carbons (Fsp3) is 0.360. The maximum atomic E-state index is 11.7. The molecule has 1 saturated carbocycles. The van der Waals surface area contributed by atoms with Gasteiger partial charge in [-0.05, 0) is 62.3 Å². The highest BCUT2D eigenvalue weighted by Crippen LogP contribution is 2.45. The zero-order valence-corrected chi connectivity index (χ0v) is 18.7. The van der Waals surface area contributed by atoms with Gasteiger partial charge in [0.15, 0.2) is 5.65 Å². The van der Waals surface area contributed by atoms with Gasteiger partial charge in [-0.15, -0.1) is 10.2 Å². The number of carbonyl (C=O) groups is 1. The molecule has 1 aliphatic carbocycles. The molecule has 0 spiro atoms. The highest BCUT2D eigenvalue weighted by molar-refractivity contribution is 5.96. The van der Waals surface area contributed by atoms with Crippen molar-refractivity contribution in [2.24, 2.45) is 11.8 Å². The van der Waals surface area contributed by atoms with Crippen molar-refractivity contribution in [2.75, 3.05) is 23.3 Å². The Morgan fingerprint density at radius 3 is 2.91 bits per heavy atom. The quantitative estimate of drug-likeness (QED) is 0.476. The molecule has 2 unspecified atom stereocenters. The van der Waals surface area contributed by atoms with Crippen molar-refractivity contribution in [3.63, 3.8) is 0 Å². The van der Waals surface area contributed by atoms with Gasteiger partial charge in [0.25, 0.3) is 0 Å². The minimum atomic E-state index is -0.951. The lowest BCUT2D eigenvalue weighted by Gasteiger charge is -2.28. The Balaban J connectivity index is 1.48. The molecular weight excluding hydrogens is 416 g/mol. The molecule has 2 N–H and O–H groups in total. The van der Waals surface area contributed by atoms with Crippen LogP contribution in [0.4, 0.5) is 11.6 Å². The number of nitrogens with one attached hydrogen (secondary N) is 1. The smallest absolute Gasteiger partial charge is 0.337 e. The van der Waals surface area contributed by atoms with Crippen molar-refractivity contribution < 1.29 is 9.90 Å². The van der Waals surface area contributed by atoms with E-state index < -0.39 is 5.97 Å². The van der Waals surface area contributed by atoms with Crippen LogP contribution in [0.2, 0.25) is 0 Å². The molecular formula is C25H26N6O2. The monoisotopic (exact) mass is 442 g/mol. The Bertz CT molecular complexity index is 1400. The predicted molar refractivity (Wildman–Crippen MR) is 127 cm³/mol. The summed E-state index contributed by atoms with van der Waals surface area (Å²) < 4.78 is 2.01. The van der Waals surface area contributed by atoms with Crippen molar-refractivity contribution in [3.8, 4) is 0 Å². The van der Waals surface area contributed by atoms with Gasteiger partial charge >= 0.3 is 5.97 Å². The van der Waals surface area contributed by atoms with E-state index >= 15 is 0 Å². The van der Waals surface area contributed by atoms with Crippen molar-refractivity contribution in [1.29, 1.82) is 0 Å². The topological polar surface area (TPSA) is 95.6 Å². The van der Waals surface area contributed by atoms with Crippen LogP contribution in [0, 0.1) is 18.8 Å². The molecule has 8 nitrogen and oxygen atoms in total. The first-order valence-electron chi connectivity index (χ1n) is 11.5. The molecule has 33 heavy (non-hydrogen) atoms. The fourth-order valence-electron chi connectivity index (χ4n) is 5.25. The third kappa shape index (κ3) is 3.37. The first kappa shape index (κ1) is 20.0. The summed E-state index contributed by atoms with van der Waals surface area (Å²) in [6.45, 7) is 6.11. The number of carboxylic acids is 1. The number of fused-ring (bicyclic) bond motifs is 4. The fourth-order valence-corrected chi connectivity index (χ4v) is 5.25. The van der Waals surface area contributed by atoms with Gasteiger partial charge in [0, 0.05) is 29.7 Å². The summed E-state index contributed by atoms with van der Waals surface area (Å²) in [5, 5.41) is 22.6. The van der Waals surface area contributed by atoms with Gasteiger partial charge in [-0.3, -0.25) is 4.40 Å². The van der Waals surface area contributed by atoms with Gasteiger partial charge in [0.1, 0.15) is 6.33 Å². The Kier molecular flexibility index (Phi) is 4.50. The van der Waals surface area contributed by atoms with Crippen molar-refractivity contribution in [2.45, 2.75) is 32.7 Å². The lowest BCUT2D eigenvalue weighted by atomic mass is 10.0. The van der Waals surface area contributed by atoms with Crippen LogP contribution in [0.5, 0.6) is 0 Å². The molecule has 1 saturated heterocycles. The van der Waals surface area contributed by atoms with Crippen molar-refractivity contribution >= 4 is 34.2 Å². The molecule has 2 aliphatic rings. The summed E-state index contributed by atoms with van der Waals surface area (Å²) in [7, 11) is 0. The van der Waals surface area contributed by atoms with Gasteiger partial charge in [-0.2, -0.15) is 0 Å². The van der Waals surface area contributed by atoms with Crippen LogP contribution in [0.1, 0.15) is 47.3 Å². The number of hydrogen-bond acceptors (Lipinski definition) is 6. The molecule has 3 heterocycles. The second-order valence-electron chi connectivity index (χ2n) is 9.39. The third-order valence-corrected chi connectivity index (χ3v) is 7.07. The Morgan fingerprint density at radius 1 is 1.24 bits per heavy atom. The number of nitrogens with zero attached hydrogens (tertiary/aromatic N) is 5. The first-order chi connectivity index (χ1) is 16.0. The Morgan fingerprint density at radius 2 is 2.09 bits per heavy atom. The van der Waals surface area contributed by atoms with E-state index in [1.807, 2.05) is 17.4 Å². The van der Waals surface area contributed by atoms with Crippen molar-refractivity contribution in [3.05, 3.63) is 59.4 Å². The second kappa shape index (κ2) is 7.43. The average molecular weight is 443 g/mol. The predicted octanol–water partition coefficient (Wildman–Crippen LogP) is 4.30. The molecule has 0 amide bonds. The van der Waals surface area contributed by atoms with Crippen LogP contribution in [0.25, 0.3) is 16.6 Å². The molecule has 3 atom stereocenters. The van der Waals surface area contributed by atoms with Crippen LogP contribution < -0.4 is 10.2 Å². The van der Waals surface area contributed by atoms with E-state index in [1.54, 1.807) is 24.5 Å². The van der Waals surface area contributed by atoms with E-state index in [0.717, 1.165) is 58.6 Å². The van der Waals surface area contributed by atoms with E-state index in [-0.39, 0.29) is 11.6 Å². The highest BCUT2D eigenvalue weighted by Gasteiger charge is 2.42. The van der Waals surface area contributed by atoms with Crippen LogP contribution in [0.3, 0.4) is 0 Å². The first-order valence-corrected chi connectivity index (χ1v) is 11.5. The SMILES string of the molecule is Cc1cc([C@@H](C)Nc2ccccc2C(=O)O)c2nc(N3CCC4CC4C3)n3cnnc3c2c1. The van der Waals surface area contributed by atoms with Gasteiger partial charge in [0.05, 0.1) is 17.1 Å². The molecule has 6 rings (SSSR count). The molecule has 0 radical (unpaired) electrons. The molecule has 2 aromatic carbocycles. The minimum Gasteiger partial charge on any atom is -0.478 e. The summed E-state index contributed by atoms with van der Waals surface area (Å²) in [6, 6.07) is 11.1. The molecule has 4 aromatic rings. The lowest BCUT2D eigenvalue weighted by molar-refractivity contribution is 0.0698. The number of rotatable bonds is 5. The summed E-state index contributed by atoms with van der Waals surface area (Å²) in [6.07, 6.45) is 4.28. The lowest BCUT2D eigenvalue weighted by Crippen LogP contribution is -2.33. The van der Waals surface area contributed by atoms with Gasteiger partial charge in [-0.25, -0.2) is 9.78 Å². The van der Waals surface area contributed by atoms with Crippen LogP contribution in [0.15, 0.2) is 42.7 Å². The normalized spacial score (nSPS) is 20.6. The molecule has 2 aromatic heterocycles. The summed E-state index contributed by atoms with van der Waals surface area (Å²) >= 11 is 0. The molecule has 168 valence electrons. The number of hydrogen-bond donors (Lipinski definition) is 2. The molecule has 1 aliphatic heterocycles. The van der Waals surface area contributed by atoms with E-state index in [9.17, 15) is 9.90 Å². The average Bonchev–Trinajstić information content (AvgIpc) is 3.41. The van der Waals surface area contributed by atoms with Gasteiger partial charge < -0.3 is 15.3 Å². The van der Waals surface area contributed by atoms with Crippen LogP contribution in [-0.4, -0.2) is 43.7 Å². The van der Waals surface area contributed by atoms with E-state index in [0.29, 0.717) is 5.69 Å². The maximum Gasteiger partial charge on any atom is 0.337 e. The molecule has 8 heteroatoms. The van der Waals surface area contributed by atoms with Crippen LogP contribution in [-0.2, 0) is 0 Å². The number of para-hydroxylation sites is 1. The van der Waals surface area contributed by atoms with Crippen LogP contribution >= 0.6 is 0 Å². The zero-order valence-electron chi connectivity index (χ0n) is 18.7. The summed E-state index contributed by atoms with van der Waals surface area (Å²) in [5.74, 6) is 1.59. The number of piperidine rings is 1. The number of aromatic carboxylic acids is 1. The van der Waals surface area contributed by atoms with Gasteiger partial charge in [-0.1, -0.05) is 18.2 Å². The largest absolute Gasteiger partial charge is 0.478 e. The summed E-state index contributed by atoms with van der Waals surface area (Å²) in [4.78, 5) is 19.2. The second-order valence-corrected chi connectivity index (χ2v) is 9.39. The molecule has 0 bridgehead atoms. The maximum absolute atomic E-state index is 11.7. The van der Waals surface area contributed by atoms with Gasteiger partial charge in [0.2, 0.25) is 5.95 Å². The highest BCUT2D eigenvalue weighted by atomic mass is 16.4. The number of carboxylic acid groups (broad SMARTS) is 1. The van der Waals surface area contributed by atoms with E-state index in [2.05, 4.69) is 39.5 Å². The summed E-state index contributed by atoms with van der Waals surface area (Å²) in [5.41, 5.74) is 4.63.